The number of nitrogens with zero attached hydrogens (tertiary/aromatic N) is 5. The molecule has 0 aliphatic rings. The second-order valence-electron chi connectivity index (χ2n) is 4.78. The summed E-state index contributed by atoms with van der Waals surface area (Å²) >= 11 is 0. The molecule has 1 aromatic carbocycles. The molecule has 0 spiro atoms. The van der Waals surface area contributed by atoms with Crippen molar-refractivity contribution >= 4 is 5.69 Å². The summed E-state index contributed by atoms with van der Waals surface area (Å²) in [5.41, 5.74) is 2.27. The maximum absolute atomic E-state index is 4.36. The Morgan fingerprint density at radius 3 is 3.05 bits per heavy atom. The van der Waals surface area contributed by atoms with E-state index in [0.717, 1.165) is 24.6 Å². The minimum atomic E-state index is 0.716. The van der Waals surface area contributed by atoms with Gasteiger partial charge in [-0.2, -0.15) is 5.10 Å². The van der Waals surface area contributed by atoms with Crippen LogP contribution in [0, 0.1) is 0 Å². The second kappa shape index (κ2) is 6.21. The number of rotatable bonds is 6. The second-order valence-corrected chi connectivity index (χ2v) is 4.78. The van der Waals surface area contributed by atoms with Crippen LogP contribution in [0.3, 0.4) is 0 Å². The lowest BCUT2D eigenvalue weighted by molar-refractivity contribution is 0.684. The van der Waals surface area contributed by atoms with Crippen molar-refractivity contribution in [1.82, 2.24) is 24.3 Å². The highest BCUT2D eigenvalue weighted by molar-refractivity contribution is 5.45. The first-order valence-corrected chi connectivity index (χ1v) is 7.00. The van der Waals surface area contributed by atoms with E-state index in [-0.39, 0.29) is 0 Å². The minimum absolute atomic E-state index is 0.716. The lowest BCUT2D eigenvalue weighted by Crippen LogP contribution is -2.08. The summed E-state index contributed by atoms with van der Waals surface area (Å²) in [4.78, 5) is 8.32. The predicted octanol–water partition coefficient (Wildman–Crippen LogP) is 2.15. The molecule has 0 radical (unpaired) electrons. The van der Waals surface area contributed by atoms with Crippen molar-refractivity contribution in [2.75, 3.05) is 5.32 Å². The van der Waals surface area contributed by atoms with E-state index in [1.165, 1.54) is 5.56 Å². The predicted molar refractivity (Wildman–Crippen MR) is 80.8 cm³/mol. The van der Waals surface area contributed by atoms with Crippen LogP contribution in [0.25, 0.3) is 0 Å². The van der Waals surface area contributed by atoms with Gasteiger partial charge in [-0.15, -0.1) is 0 Å². The van der Waals surface area contributed by atoms with Crippen LogP contribution < -0.4 is 5.32 Å². The maximum Gasteiger partial charge on any atom is 0.137 e. The van der Waals surface area contributed by atoms with Gasteiger partial charge in [-0.05, 0) is 24.6 Å². The molecule has 0 atom stereocenters. The third-order valence-corrected chi connectivity index (χ3v) is 3.33. The Labute approximate surface area is 123 Å². The first-order valence-electron chi connectivity index (χ1n) is 7.00. The Morgan fingerprint density at radius 2 is 2.24 bits per heavy atom. The highest BCUT2D eigenvalue weighted by Crippen LogP contribution is 2.12. The molecule has 2 heterocycles. The molecule has 0 unspecified atom stereocenters. The van der Waals surface area contributed by atoms with E-state index in [1.54, 1.807) is 12.7 Å². The van der Waals surface area contributed by atoms with Crippen molar-refractivity contribution in [2.45, 2.75) is 26.6 Å². The normalized spacial score (nSPS) is 10.7. The standard InChI is InChI=1S/C15H18N6/c1-2-20-7-6-17-15(20)9-18-14-5-3-4-13(8-14)10-21-12-16-11-19-21/h3-8,11-12,18H,2,9-10H2,1H3. The highest BCUT2D eigenvalue weighted by atomic mass is 15.3. The molecule has 0 bridgehead atoms. The van der Waals surface area contributed by atoms with Crippen molar-refractivity contribution in [3.05, 3.63) is 60.7 Å². The van der Waals surface area contributed by atoms with Crippen molar-refractivity contribution < 1.29 is 0 Å². The van der Waals surface area contributed by atoms with Gasteiger partial charge in [0.2, 0.25) is 0 Å². The zero-order valence-electron chi connectivity index (χ0n) is 12.0. The summed E-state index contributed by atoms with van der Waals surface area (Å²) in [5.74, 6) is 1.04. The van der Waals surface area contributed by atoms with Crippen molar-refractivity contribution in [2.24, 2.45) is 0 Å². The Hall–Kier alpha value is -2.63. The van der Waals surface area contributed by atoms with Gasteiger partial charge >= 0.3 is 0 Å². The molecule has 6 heteroatoms. The molecule has 0 saturated carbocycles. The van der Waals surface area contributed by atoms with Gasteiger partial charge in [-0.3, -0.25) is 0 Å². The lowest BCUT2D eigenvalue weighted by Gasteiger charge is -2.09. The van der Waals surface area contributed by atoms with Gasteiger partial charge in [0.05, 0.1) is 13.1 Å². The van der Waals surface area contributed by atoms with Gasteiger partial charge in [0.25, 0.3) is 0 Å². The van der Waals surface area contributed by atoms with Gasteiger partial charge < -0.3 is 9.88 Å². The number of benzene rings is 1. The lowest BCUT2D eigenvalue weighted by atomic mass is 10.2. The Kier molecular flexibility index (Phi) is 3.95. The number of imidazole rings is 1. The van der Waals surface area contributed by atoms with E-state index in [4.69, 9.17) is 0 Å². The van der Waals surface area contributed by atoms with E-state index in [1.807, 2.05) is 23.1 Å². The minimum Gasteiger partial charge on any atom is -0.378 e. The van der Waals surface area contributed by atoms with Gasteiger partial charge in [0, 0.05) is 24.6 Å². The quantitative estimate of drug-likeness (QED) is 0.752. The van der Waals surface area contributed by atoms with E-state index in [2.05, 4.69) is 50.1 Å². The van der Waals surface area contributed by atoms with Crippen LogP contribution in [-0.4, -0.2) is 24.3 Å². The van der Waals surface area contributed by atoms with Gasteiger partial charge in [-0.1, -0.05) is 12.1 Å². The number of aromatic nitrogens is 5. The Morgan fingerprint density at radius 1 is 1.29 bits per heavy atom. The zero-order chi connectivity index (χ0) is 14.5. The monoisotopic (exact) mass is 282 g/mol. The summed E-state index contributed by atoms with van der Waals surface area (Å²) in [6, 6.07) is 8.31. The largest absolute Gasteiger partial charge is 0.378 e. The topological polar surface area (TPSA) is 60.6 Å². The number of hydrogen-bond acceptors (Lipinski definition) is 4. The molecule has 2 aromatic heterocycles. The average Bonchev–Trinajstić information content (AvgIpc) is 3.16. The number of aryl methyl sites for hydroxylation is 1. The number of anilines is 1. The molecule has 3 rings (SSSR count). The van der Waals surface area contributed by atoms with Crippen LogP contribution in [-0.2, 0) is 19.6 Å². The maximum atomic E-state index is 4.36. The average molecular weight is 282 g/mol. The molecule has 6 nitrogen and oxygen atoms in total. The van der Waals surface area contributed by atoms with Crippen molar-refractivity contribution in [3.8, 4) is 0 Å². The fourth-order valence-corrected chi connectivity index (χ4v) is 2.26. The first kappa shape index (κ1) is 13.4. The SMILES string of the molecule is CCn1ccnc1CNc1cccc(Cn2cncn2)c1. The van der Waals surface area contributed by atoms with E-state index < -0.39 is 0 Å². The Bertz CT molecular complexity index is 686. The molecule has 3 aromatic rings. The summed E-state index contributed by atoms with van der Waals surface area (Å²) in [6.45, 7) is 4.49. The van der Waals surface area contributed by atoms with Crippen LogP contribution in [0.15, 0.2) is 49.3 Å². The first-order chi connectivity index (χ1) is 10.3. The van der Waals surface area contributed by atoms with Crippen LogP contribution in [0.2, 0.25) is 0 Å². The third-order valence-electron chi connectivity index (χ3n) is 3.33. The van der Waals surface area contributed by atoms with Gasteiger partial charge in [0.1, 0.15) is 18.5 Å². The molecule has 21 heavy (non-hydrogen) atoms. The Balaban J connectivity index is 1.66. The zero-order valence-corrected chi connectivity index (χ0v) is 12.0. The van der Waals surface area contributed by atoms with E-state index in [0.29, 0.717) is 6.54 Å². The molecule has 0 aliphatic carbocycles. The molecular formula is C15H18N6. The van der Waals surface area contributed by atoms with Crippen molar-refractivity contribution in [1.29, 1.82) is 0 Å². The van der Waals surface area contributed by atoms with Crippen LogP contribution in [0.4, 0.5) is 5.69 Å². The van der Waals surface area contributed by atoms with Crippen LogP contribution in [0.1, 0.15) is 18.3 Å². The van der Waals surface area contributed by atoms with Gasteiger partial charge in [-0.25, -0.2) is 14.6 Å². The summed E-state index contributed by atoms with van der Waals surface area (Å²) in [6.07, 6.45) is 7.10. The molecule has 0 saturated heterocycles. The van der Waals surface area contributed by atoms with Crippen LogP contribution >= 0.6 is 0 Å². The molecule has 0 fully saturated rings. The molecule has 1 N–H and O–H groups in total. The smallest absolute Gasteiger partial charge is 0.137 e. The fraction of sp³-hybridized carbons (Fsp3) is 0.267. The number of nitrogens with one attached hydrogen (secondary N) is 1. The van der Waals surface area contributed by atoms with Crippen LogP contribution in [0.5, 0.6) is 0 Å². The highest BCUT2D eigenvalue weighted by Gasteiger charge is 2.02. The summed E-state index contributed by atoms with van der Waals surface area (Å²) in [5, 5.41) is 7.54. The molecule has 108 valence electrons. The van der Waals surface area contributed by atoms with E-state index in [9.17, 15) is 0 Å². The summed E-state index contributed by atoms with van der Waals surface area (Å²) < 4.78 is 3.94. The van der Waals surface area contributed by atoms with E-state index >= 15 is 0 Å². The summed E-state index contributed by atoms with van der Waals surface area (Å²) in [7, 11) is 0. The molecular weight excluding hydrogens is 264 g/mol. The third kappa shape index (κ3) is 3.28. The molecule has 0 aliphatic heterocycles. The van der Waals surface area contributed by atoms with Gasteiger partial charge in [0.15, 0.2) is 0 Å². The number of hydrogen-bond donors (Lipinski definition) is 1. The fourth-order valence-electron chi connectivity index (χ4n) is 2.26. The molecule has 0 amide bonds. The van der Waals surface area contributed by atoms with Crippen molar-refractivity contribution in [3.63, 3.8) is 0 Å².